The van der Waals surface area contributed by atoms with E-state index in [0.29, 0.717) is 35.0 Å². The van der Waals surface area contributed by atoms with Crippen LogP contribution in [0.5, 0.6) is 5.75 Å². The van der Waals surface area contributed by atoms with Crippen molar-refractivity contribution >= 4 is 23.2 Å². The number of fused-ring (bicyclic) bond motifs is 2. The van der Waals surface area contributed by atoms with Gasteiger partial charge in [0.15, 0.2) is 0 Å². The molecule has 4 rings (SSSR count). The van der Waals surface area contributed by atoms with Crippen LogP contribution < -0.4 is 20.7 Å². The zero-order valence-corrected chi connectivity index (χ0v) is 17.3. The van der Waals surface area contributed by atoms with Gasteiger partial charge in [0.1, 0.15) is 17.1 Å². The van der Waals surface area contributed by atoms with E-state index in [0.717, 1.165) is 6.42 Å². The van der Waals surface area contributed by atoms with Gasteiger partial charge in [-0.05, 0) is 61.2 Å². The summed E-state index contributed by atoms with van der Waals surface area (Å²) in [6, 6.07) is 11.2. The molecule has 0 aliphatic carbocycles. The minimum atomic E-state index is -1.28. The van der Waals surface area contributed by atoms with Crippen molar-refractivity contribution in [1.82, 2.24) is 5.32 Å². The summed E-state index contributed by atoms with van der Waals surface area (Å²) in [6.45, 7) is 4.20. The van der Waals surface area contributed by atoms with E-state index in [1.54, 1.807) is 37.4 Å². The van der Waals surface area contributed by atoms with Gasteiger partial charge in [0.05, 0.1) is 13.0 Å². The minimum absolute atomic E-state index is 0.0309. The van der Waals surface area contributed by atoms with Crippen molar-refractivity contribution in [1.29, 1.82) is 0 Å². The normalized spacial score (nSPS) is 24.8. The molecule has 1 saturated heterocycles. The summed E-state index contributed by atoms with van der Waals surface area (Å²) < 4.78 is 19.3. The lowest BCUT2D eigenvalue weighted by molar-refractivity contribution is -0.130. The van der Waals surface area contributed by atoms with Crippen molar-refractivity contribution in [2.75, 3.05) is 17.7 Å². The molecule has 3 N–H and O–H groups in total. The zero-order chi connectivity index (χ0) is 21.5. The van der Waals surface area contributed by atoms with Crippen LogP contribution in [0.15, 0.2) is 42.5 Å². The number of halogens is 1. The number of hydrogen-bond donors (Lipinski definition) is 3. The first-order valence-electron chi connectivity index (χ1n) is 10.2. The van der Waals surface area contributed by atoms with Gasteiger partial charge >= 0.3 is 0 Å². The molecule has 0 saturated carbocycles. The molecule has 2 heterocycles. The van der Waals surface area contributed by atoms with Crippen molar-refractivity contribution in [3.63, 3.8) is 0 Å². The molecule has 3 atom stereocenters. The van der Waals surface area contributed by atoms with Crippen molar-refractivity contribution in [3.05, 3.63) is 53.8 Å². The smallest absolute Gasteiger partial charge is 0.250 e. The summed E-state index contributed by atoms with van der Waals surface area (Å²) in [4.78, 5) is 26.5. The fourth-order valence-electron chi connectivity index (χ4n) is 4.66. The van der Waals surface area contributed by atoms with E-state index in [4.69, 9.17) is 4.74 Å². The summed E-state index contributed by atoms with van der Waals surface area (Å²) in [5.74, 6) is -0.627. The van der Waals surface area contributed by atoms with Crippen LogP contribution in [0.4, 0.5) is 15.8 Å². The topological polar surface area (TPSA) is 79.5 Å². The lowest BCUT2D eigenvalue weighted by atomic mass is 9.79. The Kier molecular flexibility index (Phi) is 5.24. The second-order valence-corrected chi connectivity index (χ2v) is 8.43. The largest absolute Gasteiger partial charge is 0.497 e. The van der Waals surface area contributed by atoms with E-state index in [1.807, 2.05) is 0 Å². The number of anilines is 2. The van der Waals surface area contributed by atoms with Crippen LogP contribution >= 0.6 is 0 Å². The average Bonchev–Trinajstić information content (AvgIpc) is 3.21. The number of ether oxygens (including phenoxy) is 1. The molecule has 0 aromatic heterocycles. The molecule has 6 nitrogen and oxygen atoms in total. The number of methoxy groups -OCH3 is 1. The van der Waals surface area contributed by atoms with Crippen LogP contribution in [0.1, 0.15) is 32.3 Å². The van der Waals surface area contributed by atoms with Gasteiger partial charge in [0, 0.05) is 23.0 Å². The molecule has 1 fully saturated rings. The van der Waals surface area contributed by atoms with E-state index < -0.39 is 17.3 Å². The van der Waals surface area contributed by atoms with Crippen LogP contribution in [0, 0.1) is 17.7 Å². The Morgan fingerprint density at radius 1 is 1.27 bits per heavy atom. The molecule has 2 aromatic carbocycles. The van der Waals surface area contributed by atoms with E-state index in [-0.39, 0.29) is 17.9 Å². The maximum absolute atomic E-state index is 14.1. The first-order valence-corrected chi connectivity index (χ1v) is 10.2. The lowest BCUT2D eigenvalue weighted by Crippen LogP contribution is -2.52. The first-order chi connectivity index (χ1) is 14.3. The standard InChI is InChI=1S/C23H26FN3O3/c1-13(2)10-16-12-19(21(28)25-15-5-7-17(30-3)8-6-15)23(27-16)18-11-14(24)4-9-20(18)26-22(23)29/h4-9,11,13,16,19,27H,10,12H2,1-3H3,(H,25,28)(H,26,29)/t16-,19+,23-/m1/s1. The zero-order valence-electron chi connectivity index (χ0n) is 17.3. The number of carbonyl (C=O) groups excluding carboxylic acids is 2. The molecule has 1 spiro atoms. The summed E-state index contributed by atoms with van der Waals surface area (Å²) in [5, 5.41) is 9.15. The lowest BCUT2D eigenvalue weighted by Gasteiger charge is -2.29. The second kappa shape index (κ2) is 7.72. The van der Waals surface area contributed by atoms with Crippen molar-refractivity contribution < 1.29 is 18.7 Å². The summed E-state index contributed by atoms with van der Waals surface area (Å²) >= 11 is 0. The predicted octanol–water partition coefficient (Wildman–Crippen LogP) is 3.64. The minimum Gasteiger partial charge on any atom is -0.497 e. The van der Waals surface area contributed by atoms with E-state index in [2.05, 4.69) is 29.8 Å². The molecular weight excluding hydrogens is 385 g/mol. The Hall–Kier alpha value is -2.93. The Balaban J connectivity index is 1.69. The number of rotatable bonds is 5. The highest BCUT2D eigenvalue weighted by molar-refractivity contribution is 6.10. The van der Waals surface area contributed by atoms with Gasteiger partial charge in [-0.25, -0.2) is 4.39 Å². The van der Waals surface area contributed by atoms with Crippen molar-refractivity contribution in [3.8, 4) is 5.75 Å². The van der Waals surface area contributed by atoms with E-state index >= 15 is 0 Å². The van der Waals surface area contributed by atoms with Crippen LogP contribution in [-0.4, -0.2) is 25.0 Å². The average molecular weight is 411 g/mol. The van der Waals surface area contributed by atoms with Gasteiger partial charge in [0.2, 0.25) is 11.8 Å². The maximum Gasteiger partial charge on any atom is 0.250 e. The van der Waals surface area contributed by atoms with E-state index in [1.165, 1.54) is 12.1 Å². The molecule has 7 heteroatoms. The summed E-state index contributed by atoms with van der Waals surface area (Å²) in [5.41, 5.74) is 0.365. The number of nitrogens with one attached hydrogen (secondary N) is 3. The van der Waals surface area contributed by atoms with Crippen LogP contribution in [-0.2, 0) is 15.1 Å². The molecule has 0 radical (unpaired) electrons. The molecule has 158 valence electrons. The Morgan fingerprint density at radius 3 is 2.67 bits per heavy atom. The van der Waals surface area contributed by atoms with Gasteiger partial charge in [-0.3, -0.25) is 14.9 Å². The molecular formula is C23H26FN3O3. The Labute approximate surface area is 175 Å². The fourth-order valence-corrected chi connectivity index (χ4v) is 4.66. The summed E-state index contributed by atoms with van der Waals surface area (Å²) in [7, 11) is 1.58. The number of hydrogen-bond acceptors (Lipinski definition) is 4. The third-order valence-corrected chi connectivity index (χ3v) is 5.92. The highest BCUT2D eigenvalue weighted by Crippen LogP contribution is 2.48. The highest BCUT2D eigenvalue weighted by Gasteiger charge is 2.60. The highest BCUT2D eigenvalue weighted by atomic mass is 19.1. The van der Waals surface area contributed by atoms with E-state index in [9.17, 15) is 14.0 Å². The molecule has 0 bridgehead atoms. The molecule has 2 amide bonds. The second-order valence-electron chi connectivity index (χ2n) is 8.43. The number of carbonyl (C=O) groups is 2. The predicted molar refractivity (Wildman–Crippen MR) is 113 cm³/mol. The Bertz CT molecular complexity index is 976. The number of amides is 2. The molecule has 2 aliphatic heterocycles. The summed E-state index contributed by atoms with van der Waals surface area (Å²) in [6.07, 6.45) is 1.30. The first kappa shape index (κ1) is 20.3. The van der Waals surface area contributed by atoms with Crippen molar-refractivity contribution in [2.45, 2.75) is 38.3 Å². The SMILES string of the molecule is COc1ccc(NC(=O)[C@@H]2C[C@@H](CC(C)C)N[C@@]23C(=O)Nc2ccc(F)cc23)cc1. The molecule has 0 unspecified atom stereocenters. The monoisotopic (exact) mass is 411 g/mol. The fraction of sp³-hybridized carbons (Fsp3) is 0.391. The van der Waals surface area contributed by atoms with Crippen LogP contribution in [0.25, 0.3) is 0 Å². The Morgan fingerprint density at radius 2 is 2.00 bits per heavy atom. The maximum atomic E-state index is 14.1. The molecule has 2 aromatic rings. The molecule has 2 aliphatic rings. The third-order valence-electron chi connectivity index (χ3n) is 5.92. The van der Waals surface area contributed by atoms with Gasteiger partial charge in [-0.1, -0.05) is 13.8 Å². The van der Waals surface area contributed by atoms with Gasteiger partial charge in [0.25, 0.3) is 0 Å². The quantitative estimate of drug-likeness (QED) is 0.702. The number of benzene rings is 2. The van der Waals surface area contributed by atoms with Crippen molar-refractivity contribution in [2.24, 2.45) is 11.8 Å². The third kappa shape index (κ3) is 3.43. The van der Waals surface area contributed by atoms with Crippen LogP contribution in [0.3, 0.4) is 0 Å². The van der Waals surface area contributed by atoms with Gasteiger partial charge in [-0.2, -0.15) is 0 Å². The van der Waals surface area contributed by atoms with Gasteiger partial charge in [-0.15, -0.1) is 0 Å². The van der Waals surface area contributed by atoms with Crippen LogP contribution in [0.2, 0.25) is 0 Å². The molecule has 30 heavy (non-hydrogen) atoms. The van der Waals surface area contributed by atoms with Gasteiger partial charge < -0.3 is 15.4 Å².